The predicted octanol–water partition coefficient (Wildman–Crippen LogP) is 3.44. The summed E-state index contributed by atoms with van der Waals surface area (Å²) in [4.78, 5) is 12.7. The number of hydrogen-bond acceptors (Lipinski definition) is 4. The SMILES string of the molecule is CCCOc1ccccc1NC(=O)c1ccc2c(c1)CC(C)N2S(C)(=O)=O. The Labute approximate surface area is 160 Å². The second-order valence-electron chi connectivity index (χ2n) is 6.75. The van der Waals surface area contributed by atoms with Gasteiger partial charge in [-0.25, -0.2) is 8.42 Å². The van der Waals surface area contributed by atoms with Crippen LogP contribution in [0.3, 0.4) is 0 Å². The van der Waals surface area contributed by atoms with E-state index in [1.54, 1.807) is 24.3 Å². The van der Waals surface area contributed by atoms with Crippen LogP contribution in [0.4, 0.5) is 11.4 Å². The molecule has 1 heterocycles. The van der Waals surface area contributed by atoms with E-state index < -0.39 is 10.0 Å². The summed E-state index contributed by atoms with van der Waals surface area (Å²) in [6.07, 6.45) is 2.66. The minimum atomic E-state index is -3.35. The van der Waals surface area contributed by atoms with Crippen molar-refractivity contribution in [2.24, 2.45) is 0 Å². The molecule has 1 N–H and O–H groups in total. The second kappa shape index (κ2) is 7.60. The Morgan fingerprint density at radius 1 is 1.26 bits per heavy atom. The first-order valence-electron chi connectivity index (χ1n) is 8.96. The molecule has 0 fully saturated rings. The lowest BCUT2D eigenvalue weighted by molar-refractivity contribution is 0.102. The average Bonchev–Trinajstić information content (AvgIpc) is 2.95. The fourth-order valence-electron chi connectivity index (χ4n) is 3.35. The van der Waals surface area contributed by atoms with Crippen molar-refractivity contribution in [3.63, 3.8) is 0 Å². The molecule has 0 saturated heterocycles. The number of benzene rings is 2. The molecule has 6 nitrogen and oxygen atoms in total. The molecule has 2 aromatic carbocycles. The largest absolute Gasteiger partial charge is 0.491 e. The van der Waals surface area contributed by atoms with Gasteiger partial charge in [-0.15, -0.1) is 0 Å². The smallest absolute Gasteiger partial charge is 0.255 e. The minimum Gasteiger partial charge on any atom is -0.491 e. The Morgan fingerprint density at radius 2 is 2.00 bits per heavy atom. The molecular weight excluding hydrogens is 364 g/mol. The highest BCUT2D eigenvalue weighted by Gasteiger charge is 2.32. The van der Waals surface area contributed by atoms with Gasteiger partial charge in [0.25, 0.3) is 5.91 Å². The van der Waals surface area contributed by atoms with Crippen molar-refractivity contribution >= 4 is 27.3 Å². The third-order valence-electron chi connectivity index (χ3n) is 4.45. The Hall–Kier alpha value is -2.54. The van der Waals surface area contributed by atoms with Gasteiger partial charge in [-0.1, -0.05) is 19.1 Å². The summed E-state index contributed by atoms with van der Waals surface area (Å²) in [7, 11) is -3.35. The number of fused-ring (bicyclic) bond motifs is 1. The molecule has 0 aromatic heterocycles. The van der Waals surface area contributed by atoms with Gasteiger partial charge in [-0.3, -0.25) is 9.10 Å². The number of amides is 1. The highest BCUT2D eigenvalue weighted by molar-refractivity contribution is 7.92. The van der Waals surface area contributed by atoms with Crippen molar-refractivity contribution in [1.29, 1.82) is 0 Å². The summed E-state index contributed by atoms with van der Waals surface area (Å²) in [5, 5.41) is 2.88. The van der Waals surface area contributed by atoms with Gasteiger partial charge in [0.1, 0.15) is 5.75 Å². The quantitative estimate of drug-likeness (QED) is 0.822. The van der Waals surface area contributed by atoms with Gasteiger partial charge in [0, 0.05) is 11.6 Å². The maximum absolute atomic E-state index is 12.7. The maximum atomic E-state index is 12.7. The lowest BCUT2D eigenvalue weighted by atomic mass is 10.1. The monoisotopic (exact) mass is 388 g/mol. The zero-order valence-electron chi connectivity index (χ0n) is 15.7. The van der Waals surface area contributed by atoms with E-state index in [1.165, 1.54) is 10.6 Å². The van der Waals surface area contributed by atoms with Gasteiger partial charge in [0.2, 0.25) is 10.0 Å². The molecule has 3 rings (SSSR count). The molecule has 1 aliphatic rings. The minimum absolute atomic E-state index is 0.156. The normalized spacial score (nSPS) is 16.1. The van der Waals surface area contributed by atoms with E-state index in [9.17, 15) is 13.2 Å². The van der Waals surface area contributed by atoms with Gasteiger partial charge >= 0.3 is 0 Å². The summed E-state index contributed by atoms with van der Waals surface area (Å²) in [6.45, 7) is 4.46. The average molecular weight is 388 g/mol. The standard InChI is InChI=1S/C20H24N2O4S/c1-4-11-26-19-8-6-5-7-17(19)21-20(23)15-9-10-18-16(13-15)12-14(2)22(18)27(3,24)25/h5-10,13-14H,4,11-12H2,1-3H3,(H,21,23). The highest BCUT2D eigenvalue weighted by Crippen LogP contribution is 2.35. The lowest BCUT2D eigenvalue weighted by Crippen LogP contribution is -2.34. The van der Waals surface area contributed by atoms with Crippen molar-refractivity contribution < 1.29 is 17.9 Å². The van der Waals surface area contributed by atoms with E-state index >= 15 is 0 Å². The van der Waals surface area contributed by atoms with Crippen molar-refractivity contribution in [1.82, 2.24) is 0 Å². The zero-order chi connectivity index (χ0) is 19.6. The number of carbonyl (C=O) groups excluding carboxylic acids is 1. The molecule has 7 heteroatoms. The highest BCUT2D eigenvalue weighted by atomic mass is 32.2. The number of ether oxygens (including phenoxy) is 1. The van der Waals surface area contributed by atoms with E-state index in [-0.39, 0.29) is 11.9 Å². The molecule has 0 bridgehead atoms. The lowest BCUT2D eigenvalue weighted by Gasteiger charge is -2.21. The first kappa shape index (κ1) is 19.2. The Balaban J connectivity index is 1.83. The molecule has 2 aromatic rings. The summed E-state index contributed by atoms with van der Waals surface area (Å²) < 4.78 is 31.1. The number of nitrogens with one attached hydrogen (secondary N) is 1. The summed E-state index contributed by atoms with van der Waals surface area (Å²) >= 11 is 0. The number of sulfonamides is 1. The fourth-order valence-corrected chi connectivity index (χ4v) is 4.62. The summed E-state index contributed by atoms with van der Waals surface area (Å²) in [5.74, 6) is 0.376. The van der Waals surface area contributed by atoms with Gasteiger partial charge < -0.3 is 10.1 Å². The molecule has 0 radical (unpaired) electrons. The molecule has 0 aliphatic carbocycles. The Bertz CT molecular complexity index is 956. The third-order valence-corrected chi connectivity index (χ3v) is 5.72. The second-order valence-corrected chi connectivity index (χ2v) is 8.61. The van der Waals surface area contributed by atoms with Crippen LogP contribution in [0.15, 0.2) is 42.5 Å². The summed E-state index contributed by atoms with van der Waals surface area (Å²) in [6, 6.07) is 12.3. The number of nitrogens with zero attached hydrogens (tertiary/aromatic N) is 1. The van der Waals surface area contributed by atoms with Crippen molar-refractivity contribution in [3.8, 4) is 5.75 Å². The van der Waals surface area contributed by atoms with Gasteiger partial charge in [-0.05, 0) is 55.7 Å². The topological polar surface area (TPSA) is 75.7 Å². The molecule has 1 unspecified atom stereocenters. The van der Waals surface area contributed by atoms with Crippen LogP contribution in [0.25, 0.3) is 0 Å². The van der Waals surface area contributed by atoms with Crippen molar-refractivity contribution in [2.45, 2.75) is 32.7 Å². The third kappa shape index (κ3) is 4.08. The van der Waals surface area contributed by atoms with Crippen LogP contribution in [0.2, 0.25) is 0 Å². The molecular formula is C20H24N2O4S. The number of hydrogen-bond donors (Lipinski definition) is 1. The van der Waals surface area contributed by atoms with Crippen LogP contribution >= 0.6 is 0 Å². The zero-order valence-corrected chi connectivity index (χ0v) is 16.5. The maximum Gasteiger partial charge on any atom is 0.255 e. The number of carbonyl (C=O) groups is 1. The molecule has 1 aliphatic heterocycles. The van der Waals surface area contributed by atoms with Gasteiger partial charge in [0.15, 0.2) is 0 Å². The first-order valence-corrected chi connectivity index (χ1v) is 10.8. The van der Waals surface area contributed by atoms with Crippen molar-refractivity contribution in [2.75, 3.05) is 22.5 Å². The van der Waals surface area contributed by atoms with E-state index in [4.69, 9.17) is 4.74 Å². The van der Waals surface area contributed by atoms with Gasteiger partial charge in [-0.2, -0.15) is 0 Å². The van der Waals surface area contributed by atoms with E-state index in [2.05, 4.69) is 5.32 Å². The van der Waals surface area contributed by atoms with Crippen LogP contribution < -0.4 is 14.4 Å². The van der Waals surface area contributed by atoms with E-state index in [0.29, 0.717) is 35.7 Å². The first-order chi connectivity index (χ1) is 12.8. The molecule has 0 spiro atoms. The van der Waals surface area contributed by atoms with Crippen LogP contribution in [0.5, 0.6) is 5.75 Å². The Morgan fingerprint density at radius 3 is 2.70 bits per heavy atom. The van der Waals surface area contributed by atoms with Crippen LogP contribution in [-0.2, 0) is 16.4 Å². The molecule has 0 saturated carbocycles. The van der Waals surface area contributed by atoms with Crippen LogP contribution in [-0.4, -0.2) is 33.2 Å². The van der Waals surface area contributed by atoms with Crippen molar-refractivity contribution in [3.05, 3.63) is 53.6 Å². The number of para-hydroxylation sites is 2. The molecule has 1 atom stereocenters. The van der Waals surface area contributed by atoms with E-state index in [0.717, 1.165) is 12.0 Å². The van der Waals surface area contributed by atoms with Crippen LogP contribution in [0, 0.1) is 0 Å². The predicted molar refractivity (Wildman–Crippen MR) is 107 cm³/mol. The summed E-state index contributed by atoms with van der Waals surface area (Å²) in [5.41, 5.74) is 2.61. The molecule has 27 heavy (non-hydrogen) atoms. The van der Waals surface area contributed by atoms with Crippen LogP contribution in [0.1, 0.15) is 36.2 Å². The van der Waals surface area contributed by atoms with E-state index in [1.807, 2.05) is 32.0 Å². The number of rotatable bonds is 6. The van der Waals surface area contributed by atoms with Gasteiger partial charge in [0.05, 0.1) is 24.2 Å². The Kier molecular flexibility index (Phi) is 5.41. The molecule has 1 amide bonds. The molecule has 144 valence electrons. The fraction of sp³-hybridized carbons (Fsp3) is 0.350. The number of anilines is 2.